The third kappa shape index (κ3) is 5.22. The molecule has 0 spiro atoms. The maximum absolute atomic E-state index is 11.2. The Kier molecular flexibility index (Phi) is 5.98. The Bertz CT molecular complexity index is 531. The Morgan fingerprint density at radius 3 is 2.53 bits per heavy atom. The summed E-state index contributed by atoms with van der Waals surface area (Å²) in [5, 5.41) is 0. The van der Waals surface area contributed by atoms with Crippen molar-refractivity contribution >= 4 is 25.8 Å². The van der Waals surface area contributed by atoms with Crippen molar-refractivity contribution in [2.45, 2.75) is 13.0 Å². The topological polar surface area (TPSA) is 63.4 Å². The van der Waals surface area contributed by atoms with E-state index in [1.165, 1.54) is 11.8 Å². The number of halogens is 1. The van der Waals surface area contributed by atoms with Crippen LogP contribution in [0.1, 0.15) is 17.2 Å². The average Bonchev–Trinajstić information content (AvgIpc) is 2.29. The van der Waals surface area contributed by atoms with Gasteiger partial charge in [-0.1, -0.05) is 28.1 Å². The van der Waals surface area contributed by atoms with Crippen LogP contribution < -0.4 is 5.73 Å². The van der Waals surface area contributed by atoms with E-state index in [0.717, 1.165) is 10.0 Å². The molecule has 0 saturated carbocycles. The van der Waals surface area contributed by atoms with E-state index in [4.69, 9.17) is 5.73 Å². The molecule has 0 aliphatic heterocycles. The van der Waals surface area contributed by atoms with Crippen molar-refractivity contribution in [3.05, 3.63) is 33.8 Å². The number of rotatable bonds is 6. The molecule has 0 fully saturated rings. The molecule has 1 atom stereocenters. The molecular formula is C13H21BrN2O2S. The summed E-state index contributed by atoms with van der Waals surface area (Å²) in [5.41, 5.74) is 8.10. The molecular weight excluding hydrogens is 328 g/mol. The van der Waals surface area contributed by atoms with Crippen LogP contribution >= 0.6 is 15.9 Å². The van der Waals surface area contributed by atoms with Crippen LogP contribution in [0.2, 0.25) is 0 Å². The van der Waals surface area contributed by atoms with Gasteiger partial charge in [0.05, 0.1) is 5.75 Å². The fraction of sp³-hybridized carbons (Fsp3) is 0.538. The van der Waals surface area contributed by atoms with Gasteiger partial charge in [-0.2, -0.15) is 0 Å². The van der Waals surface area contributed by atoms with Gasteiger partial charge in [-0.05, 0) is 31.2 Å². The zero-order valence-electron chi connectivity index (χ0n) is 11.6. The first kappa shape index (κ1) is 16.6. The van der Waals surface area contributed by atoms with Gasteiger partial charge in [0.25, 0.3) is 0 Å². The van der Waals surface area contributed by atoms with E-state index in [9.17, 15) is 8.42 Å². The van der Waals surface area contributed by atoms with E-state index in [-0.39, 0.29) is 11.8 Å². The number of hydrogen-bond acceptors (Lipinski definition) is 4. The highest BCUT2D eigenvalue weighted by Gasteiger charge is 2.19. The smallest absolute Gasteiger partial charge is 0.148 e. The Labute approximate surface area is 124 Å². The number of likely N-dealkylation sites (N-methyl/N-ethyl adjacent to an activating group) is 1. The van der Waals surface area contributed by atoms with E-state index in [1.54, 1.807) is 0 Å². The lowest BCUT2D eigenvalue weighted by molar-refractivity contribution is 0.263. The summed E-state index contributed by atoms with van der Waals surface area (Å²) in [5.74, 6) is 0.142. The van der Waals surface area contributed by atoms with Gasteiger partial charge in [0.15, 0.2) is 0 Å². The van der Waals surface area contributed by atoms with Gasteiger partial charge in [-0.25, -0.2) is 8.42 Å². The summed E-state index contributed by atoms with van der Waals surface area (Å²) in [4.78, 5) is 1.98. The minimum atomic E-state index is -2.95. The highest BCUT2D eigenvalue weighted by Crippen LogP contribution is 2.27. The maximum Gasteiger partial charge on any atom is 0.148 e. The quantitative estimate of drug-likeness (QED) is 0.850. The molecule has 2 N–H and O–H groups in total. The van der Waals surface area contributed by atoms with Crippen molar-refractivity contribution in [1.82, 2.24) is 4.90 Å². The molecule has 0 saturated heterocycles. The molecule has 0 aliphatic rings. The fourth-order valence-corrected chi connectivity index (χ4v) is 3.29. The standard InChI is InChI=1S/C13H21BrN2O2S/c1-10-4-5-11(12(14)8-10)13(9-15)16(2)6-7-19(3,17)18/h4-5,8,13H,6-7,9,15H2,1-3H3. The van der Waals surface area contributed by atoms with Crippen molar-refractivity contribution in [2.24, 2.45) is 5.73 Å². The lowest BCUT2D eigenvalue weighted by atomic mass is 10.0. The number of nitrogens with two attached hydrogens (primary N) is 1. The Balaban J connectivity index is 2.87. The molecule has 1 aromatic carbocycles. The Morgan fingerprint density at radius 2 is 2.05 bits per heavy atom. The average molecular weight is 349 g/mol. The summed E-state index contributed by atoms with van der Waals surface area (Å²) < 4.78 is 23.5. The molecule has 6 heteroatoms. The van der Waals surface area contributed by atoms with Crippen LogP contribution in [0.4, 0.5) is 0 Å². The molecule has 0 amide bonds. The monoisotopic (exact) mass is 348 g/mol. The molecule has 0 aromatic heterocycles. The molecule has 1 aromatic rings. The van der Waals surface area contributed by atoms with Gasteiger partial charge in [0.2, 0.25) is 0 Å². The molecule has 0 aliphatic carbocycles. The number of hydrogen-bond donors (Lipinski definition) is 1. The second-order valence-electron chi connectivity index (χ2n) is 4.89. The van der Waals surface area contributed by atoms with Gasteiger partial charge in [-0.15, -0.1) is 0 Å². The van der Waals surface area contributed by atoms with Crippen LogP contribution in [0.25, 0.3) is 0 Å². The van der Waals surface area contributed by atoms with E-state index in [1.807, 2.05) is 37.1 Å². The highest BCUT2D eigenvalue weighted by atomic mass is 79.9. The third-order valence-electron chi connectivity index (χ3n) is 3.09. The van der Waals surface area contributed by atoms with Gasteiger partial charge in [0, 0.05) is 29.9 Å². The fourth-order valence-electron chi connectivity index (χ4n) is 1.91. The van der Waals surface area contributed by atoms with Crippen LogP contribution in [0.3, 0.4) is 0 Å². The van der Waals surface area contributed by atoms with Crippen LogP contribution in [0.15, 0.2) is 22.7 Å². The first-order chi connectivity index (χ1) is 8.74. The Hall–Kier alpha value is -0.430. The number of sulfone groups is 1. The highest BCUT2D eigenvalue weighted by molar-refractivity contribution is 9.10. The lowest BCUT2D eigenvalue weighted by Crippen LogP contribution is -2.34. The molecule has 0 radical (unpaired) electrons. The van der Waals surface area contributed by atoms with Crippen molar-refractivity contribution in [1.29, 1.82) is 0 Å². The van der Waals surface area contributed by atoms with E-state index in [0.29, 0.717) is 13.1 Å². The zero-order chi connectivity index (χ0) is 14.6. The van der Waals surface area contributed by atoms with Crippen LogP contribution in [0.5, 0.6) is 0 Å². The van der Waals surface area contributed by atoms with E-state index >= 15 is 0 Å². The van der Waals surface area contributed by atoms with Gasteiger partial charge in [-0.3, -0.25) is 4.90 Å². The largest absolute Gasteiger partial charge is 0.329 e. The molecule has 0 heterocycles. The van der Waals surface area contributed by atoms with Gasteiger partial charge in [0.1, 0.15) is 9.84 Å². The molecule has 19 heavy (non-hydrogen) atoms. The van der Waals surface area contributed by atoms with Crippen molar-refractivity contribution in [3.63, 3.8) is 0 Å². The SMILES string of the molecule is Cc1ccc(C(CN)N(C)CCS(C)(=O)=O)c(Br)c1. The van der Waals surface area contributed by atoms with Crippen LogP contribution in [-0.2, 0) is 9.84 Å². The summed E-state index contributed by atoms with van der Waals surface area (Å²) in [6.45, 7) is 2.95. The summed E-state index contributed by atoms with van der Waals surface area (Å²) in [7, 11) is -1.06. The van der Waals surface area contributed by atoms with Crippen LogP contribution in [0, 0.1) is 6.92 Å². The van der Waals surface area contributed by atoms with E-state index in [2.05, 4.69) is 15.9 Å². The second-order valence-corrected chi connectivity index (χ2v) is 8.00. The first-order valence-electron chi connectivity index (χ1n) is 6.08. The molecule has 4 nitrogen and oxygen atoms in total. The maximum atomic E-state index is 11.2. The molecule has 1 unspecified atom stereocenters. The van der Waals surface area contributed by atoms with Crippen molar-refractivity contribution in [2.75, 3.05) is 32.1 Å². The minimum Gasteiger partial charge on any atom is -0.329 e. The van der Waals surface area contributed by atoms with E-state index < -0.39 is 9.84 Å². The predicted molar refractivity (Wildman–Crippen MR) is 83.0 cm³/mol. The van der Waals surface area contributed by atoms with Gasteiger partial charge < -0.3 is 5.73 Å². The van der Waals surface area contributed by atoms with Gasteiger partial charge >= 0.3 is 0 Å². The summed E-state index contributed by atoms with van der Waals surface area (Å²) in [6, 6.07) is 6.13. The number of benzene rings is 1. The molecule has 108 valence electrons. The normalized spacial score (nSPS) is 13.8. The predicted octanol–water partition coefficient (Wildman–Crippen LogP) is 1.73. The third-order valence-corrected chi connectivity index (χ3v) is 4.70. The number of aryl methyl sites for hydroxylation is 1. The molecule has 0 bridgehead atoms. The van der Waals surface area contributed by atoms with Crippen molar-refractivity contribution in [3.8, 4) is 0 Å². The summed E-state index contributed by atoms with van der Waals surface area (Å²) >= 11 is 3.55. The van der Waals surface area contributed by atoms with Crippen LogP contribution in [-0.4, -0.2) is 45.5 Å². The first-order valence-corrected chi connectivity index (χ1v) is 8.94. The summed E-state index contributed by atoms with van der Waals surface area (Å²) in [6.07, 6.45) is 1.25. The molecule has 1 rings (SSSR count). The number of nitrogens with zero attached hydrogens (tertiary/aromatic N) is 1. The van der Waals surface area contributed by atoms with Crippen molar-refractivity contribution < 1.29 is 8.42 Å². The zero-order valence-corrected chi connectivity index (χ0v) is 14.0. The Morgan fingerprint density at radius 1 is 1.42 bits per heavy atom. The second kappa shape index (κ2) is 6.83. The minimum absolute atomic E-state index is 0.0109. The lowest BCUT2D eigenvalue weighted by Gasteiger charge is -2.28.